The maximum atomic E-state index is 11.4. The van der Waals surface area contributed by atoms with Crippen LogP contribution in [0.25, 0.3) is 16.7 Å². The Hall–Kier alpha value is -3.35. The first-order valence-corrected chi connectivity index (χ1v) is 9.73. The highest BCUT2D eigenvalue weighted by atomic mass is 32.2. The van der Waals surface area contributed by atoms with E-state index in [0.717, 1.165) is 5.39 Å². The van der Waals surface area contributed by atoms with Gasteiger partial charge in [-0.1, -0.05) is 0 Å². The largest absolute Gasteiger partial charge is 0.394 e. The summed E-state index contributed by atoms with van der Waals surface area (Å²) in [6.07, 6.45) is 6.58. The minimum Gasteiger partial charge on any atom is -0.394 e. The maximum Gasteiger partial charge on any atom is 0.238 e. The Bertz CT molecular complexity index is 1230. The Morgan fingerprint density at radius 1 is 1.11 bits per heavy atom. The summed E-state index contributed by atoms with van der Waals surface area (Å²) in [7, 11) is -3.76. The number of nitrogens with two attached hydrogens (primary N) is 1. The van der Waals surface area contributed by atoms with Crippen LogP contribution in [0.5, 0.6) is 0 Å². The Labute approximate surface area is 159 Å². The molecule has 0 unspecified atom stereocenters. The summed E-state index contributed by atoms with van der Waals surface area (Å²) in [4.78, 5) is 8.75. The van der Waals surface area contributed by atoms with Gasteiger partial charge in [-0.05, 0) is 24.3 Å². The number of nitrogens with zero attached hydrogens (tertiary/aromatic N) is 6. The second-order valence-electron chi connectivity index (χ2n) is 5.91. The lowest BCUT2D eigenvalue weighted by molar-refractivity contribution is 0.269. The van der Waals surface area contributed by atoms with Gasteiger partial charge in [0.1, 0.15) is 0 Å². The molecular weight excluding hydrogens is 384 g/mol. The lowest BCUT2D eigenvalue weighted by Crippen LogP contribution is -2.12. The van der Waals surface area contributed by atoms with E-state index in [1.807, 2.05) is 0 Å². The van der Waals surface area contributed by atoms with Crippen LogP contribution in [-0.2, 0) is 16.6 Å². The predicted octanol–water partition coefficient (Wildman–Crippen LogP) is 0.395. The molecule has 4 N–H and O–H groups in total. The van der Waals surface area contributed by atoms with Crippen LogP contribution in [0, 0.1) is 0 Å². The molecule has 3 heterocycles. The predicted molar refractivity (Wildman–Crippen MR) is 101 cm³/mol. The number of sulfonamides is 1. The Morgan fingerprint density at radius 3 is 2.61 bits per heavy atom. The van der Waals surface area contributed by atoms with Crippen LogP contribution < -0.4 is 10.5 Å². The first kappa shape index (κ1) is 18.0. The standard InChI is InChI=1S/C16H16N8O3S/c17-28(26,27)14-3-1-13(2-4-14)24-15-11(8-20-24)7-18-16(22-15)21-12-9-19-23(10-12)5-6-25/h1-4,7-10,25H,5-6H2,(H2,17,26,27)(H,18,21,22). The molecule has 0 saturated carbocycles. The topological polar surface area (TPSA) is 154 Å². The van der Waals surface area contributed by atoms with E-state index in [9.17, 15) is 8.42 Å². The molecule has 11 nitrogen and oxygen atoms in total. The van der Waals surface area contributed by atoms with Crippen LogP contribution in [-0.4, -0.2) is 49.7 Å². The van der Waals surface area contributed by atoms with E-state index in [1.54, 1.807) is 46.3 Å². The molecule has 0 aliphatic rings. The highest BCUT2D eigenvalue weighted by Gasteiger charge is 2.12. The zero-order valence-corrected chi connectivity index (χ0v) is 15.3. The number of aromatic nitrogens is 6. The molecule has 1 aromatic carbocycles. The molecule has 144 valence electrons. The molecule has 0 atom stereocenters. The smallest absolute Gasteiger partial charge is 0.238 e. The molecule has 28 heavy (non-hydrogen) atoms. The Morgan fingerprint density at radius 2 is 1.89 bits per heavy atom. The molecule has 12 heteroatoms. The van der Waals surface area contributed by atoms with Gasteiger partial charge in [0.25, 0.3) is 0 Å². The summed E-state index contributed by atoms with van der Waals surface area (Å²) in [5, 5.41) is 26.3. The molecule has 0 radical (unpaired) electrons. The molecule has 0 bridgehead atoms. The molecule has 0 aliphatic heterocycles. The fourth-order valence-electron chi connectivity index (χ4n) is 2.63. The van der Waals surface area contributed by atoms with Crippen molar-refractivity contribution in [3.05, 3.63) is 49.1 Å². The van der Waals surface area contributed by atoms with Crippen LogP contribution in [0.15, 0.2) is 53.9 Å². The van der Waals surface area contributed by atoms with Crippen LogP contribution in [0.2, 0.25) is 0 Å². The summed E-state index contributed by atoms with van der Waals surface area (Å²) < 4.78 is 26.0. The number of aliphatic hydroxyl groups is 1. The minimum absolute atomic E-state index is 0.00693. The third kappa shape index (κ3) is 3.55. The Kier molecular flexibility index (Phi) is 4.50. The van der Waals surface area contributed by atoms with Crippen LogP contribution in [0.3, 0.4) is 0 Å². The van der Waals surface area contributed by atoms with Gasteiger partial charge >= 0.3 is 0 Å². The number of nitrogens with one attached hydrogen (secondary N) is 1. The van der Waals surface area contributed by atoms with E-state index >= 15 is 0 Å². The molecule has 0 amide bonds. The molecule has 0 saturated heterocycles. The van der Waals surface area contributed by atoms with Gasteiger partial charge in [-0.25, -0.2) is 23.2 Å². The van der Waals surface area contributed by atoms with Crippen LogP contribution in [0.1, 0.15) is 0 Å². The molecule has 0 spiro atoms. The highest BCUT2D eigenvalue weighted by Crippen LogP contribution is 2.20. The van der Waals surface area contributed by atoms with Crippen molar-refractivity contribution in [3.8, 4) is 5.69 Å². The van der Waals surface area contributed by atoms with Crippen molar-refractivity contribution >= 4 is 32.7 Å². The van der Waals surface area contributed by atoms with Crippen molar-refractivity contribution in [1.29, 1.82) is 0 Å². The van der Waals surface area contributed by atoms with Crippen molar-refractivity contribution in [2.24, 2.45) is 5.14 Å². The van der Waals surface area contributed by atoms with Crippen molar-refractivity contribution in [1.82, 2.24) is 29.5 Å². The zero-order chi connectivity index (χ0) is 19.7. The molecule has 0 aliphatic carbocycles. The average Bonchev–Trinajstić information content (AvgIpc) is 3.28. The fourth-order valence-corrected chi connectivity index (χ4v) is 3.14. The summed E-state index contributed by atoms with van der Waals surface area (Å²) in [6, 6.07) is 6.02. The lowest BCUT2D eigenvalue weighted by Gasteiger charge is -2.06. The van der Waals surface area contributed by atoms with E-state index in [-0.39, 0.29) is 11.5 Å². The third-order valence-corrected chi connectivity index (χ3v) is 4.87. The first-order valence-electron chi connectivity index (χ1n) is 8.18. The lowest BCUT2D eigenvalue weighted by atomic mass is 10.3. The monoisotopic (exact) mass is 400 g/mol. The van der Waals surface area contributed by atoms with E-state index in [2.05, 4.69) is 25.5 Å². The first-order chi connectivity index (χ1) is 13.4. The van der Waals surface area contributed by atoms with E-state index in [0.29, 0.717) is 29.5 Å². The number of rotatable bonds is 6. The highest BCUT2D eigenvalue weighted by molar-refractivity contribution is 7.89. The maximum absolute atomic E-state index is 11.4. The summed E-state index contributed by atoms with van der Waals surface area (Å²) in [6.45, 7) is 0.385. The fraction of sp³-hybridized carbons (Fsp3) is 0.125. The molecule has 0 fully saturated rings. The normalized spacial score (nSPS) is 11.8. The van der Waals surface area contributed by atoms with Gasteiger partial charge in [-0.3, -0.25) is 4.68 Å². The van der Waals surface area contributed by atoms with Gasteiger partial charge in [0.2, 0.25) is 16.0 Å². The van der Waals surface area contributed by atoms with Gasteiger partial charge in [-0.2, -0.15) is 15.2 Å². The number of primary sulfonamides is 1. The van der Waals surface area contributed by atoms with Gasteiger partial charge in [0.05, 0.1) is 47.2 Å². The van der Waals surface area contributed by atoms with Crippen molar-refractivity contribution in [2.75, 3.05) is 11.9 Å². The zero-order valence-electron chi connectivity index (χ0n) is 14.5. The van der Waals surface area contributed by atoms with Gasteiger partial charge in [-0.15, -0.1) is 0 Å². The van der Waals surface area contributed by atoms with Crippen molar-refractivity contribution in [2.45, 2.75) is 11.4 Å². The number of aliphatic hydroxyl groups excluding tert-OH is 1. The summed E-state index contributed by atoms with van der Waals surface area (Å²) in [5.74, 6) is 0.346. The van der Waals surface area contributed by atoms with E-state index in [4.69, 9.17) is 10.2 Å². The van der Waals surface area contributed by atoms with Gasteiger partial charge in [0, 0.05) is 12.4 Å². The number of hydrogen-bond acceptors (Lipinski definition) is 8. The van der Waals surface area contributed by atoms with Crippen LogP contribution >= 0.6 is 0 Å². The van der Waals surface area contributed by atoms with E-state index in [1.165, 1.54) is 12.1 Å². The SMILES string of the molecule is NS(=O)(=O)c1ccc(-n2ncc3cnc(Nc4cnn(CCO)c4)nc32)cc1. The second-order valence-corrected chi connectivity index (χ2v) is 7.47. The van der Waals surface area contributed by atoms with E-state index < -0.39 is 10.0 Å². The number of hydrogen-bond donors (Lipinski definition) is 3. The number of anilines is 2. The average molecular weight is 400 g/mol. The van der Waals surface area contributed by atoms with Crippen molar-refractivity contribution in [3.63, 3.8) is 0 Å². The van der Waals surface area contributed by atoms with Crippen LogP contribution in [0.4, 0.5) is 11.6 Å². The quantitative estimate of drug-likeness (QED) is 0.420. The molecule has 4 aromatic rings. The summed E-state index contributed by atoms with van der Waals surface area (Å²) >= 11 is 0. The van der Waals surface area contributed by atoms with Crippen molar-refractivity contribution < 1.29 is 13.5 Å². The van der Waals surface area contributed by atoms with Gasteiger partial charge < -0.3 is 10.4 Å². The minimum atomic E-state index is -3.76. The molecule has 3 aromatic heterocycles. The molecular formula is C16H16N8O3S. The Balaban J connectivity index is 1.66. The second kappa shape index (κ2) is 6.99. The molecule has 4 rings (SSSR count). The number of benzene rings is 1. The van der Waals surface area contributed by atoms with Gasteiger partial charge in [0.15, 0.2) is 5.65 Å². The third-order valence-electron chi connectivity index (χ3n) is 3.94. The number of fused-ring (bicyclic) bond motifs is 1. The summed E-state index contributed by atoms with van der Waals surface area (Å²) in [5.41, 5.74) is 1.85.